The Bertz CT molecular complexity index is 221. The predicted molar refractivity (Wildman–Crippen MR) is 57.1 cm³/mol. The predicted octanol–water partition coefficient (Wildman–Crippen LogP) is 3.18. The van der Waals surface area contributed by atoms with Crippen LogP contribution in [-0.4, -0.2) is 24.5 Å². The lowest BCUT2D eigenvalue weighted by Gasteiger charge is -2.26. The van der Waals surface area contributed by atoms with E-state index in [1.54, 1.807) is 0 Å². The highest BCUT2D eigenvalue weighted by atomic mass is 35.5. The molecule has 0 aromatic heterocycles. The molecule has 2 rings (SSSR count). The Kier molecular flexibility index (Phi) is 3.18. The third-order valence-electron chi connectivity index (χ3n) is 2.85. The first-order chi connectivity index (χ1) is 6.25. The van der Waals surface area contributed by atoms with Gasteiger partial charge in [-0.2, -0.15) is 0 Å². The zero-order chi connectivity index (χ0) is 9.26. The minimum absolute atomic E-state index is 0.851. The summed E-state index contributed by atoms with van der Waals surface area (Å²) in [7, 11) is 0. The van der Waals surface area contributed by atoms with Crippen molar-refractivity contribution in [1.82, 2.24) is 4.90 Å². The Morgan fingerprint density at radius 3 is 2.62 bits per heavy atom. The molecule has 0 atom stereocenters. The average Bonchev–Trinajstić information content (AvgIpc) is 2.91. The fraction of sp³-hybridized carbons (Fsp3) is 0.800. The summed E-state index contributed by atoms with van der Waals surface area (Å²) in [4.78, 5) is 2.41. The van der Waals surface area contributed by atoms with Gasteiger partial charge < -0.3 is 0 Å². The molecule has 74 valence electrons. The normalized spacial score (nSPS) is 25.4. The van der Waals surface area contributed by atoms with Crippen molar-refractivity contribution in [3.05, 3.63) is 10.1 Å². The summed E-state index contributed by atoms with van der Waals surface area (Å²) in [6.07, 6.45) is 5.17. The van der Waals surface area contributed by atoms with Crippen LogP contribution >= 0.6 is 23.2 Å². The van der Waals surface area contributed by atoms with E-state index in [9.17, 15) is 0 Å². The van der Waals surface area contributed by atoms with Gasteiger partial charge in [-0.25, -0.2) is 0 Å². The molecule has 2 aliphatic rings. The summed E-state index contributed by atoms with van der Waals surface area (Å²) >= 11 is 11.9. The summed E-state index contributed by atoms with van der Waals surface area (Å²) in [5, 5.41) is 1.72. The van der Waals surface area contributed by atoms with Crippen LogP contribution in [0.5, 0.6) is 0 Å². The van der Waals surface area contributed by atoms with Crippen LogP contribution in [0.3, 0.4) is 0 Å². The maximum absolute atomic E-state index is 6.00. The van der Waals surface area contributed by atoms with Crippen molar-refractivity contribution in [3.8, 4) is 0 Å². The summed E-state index contributed by atoms with van der Waals surface area (Å²) in [5.74, 6) is 1.01. The minimum atomic E-state index is 0.851. The molecule has 1 saturated carbocycles. The van der Waals surface area contributed by atoms with Crippen molar-refractivity contribution >= 4 is 23.2 Å². The van der Waals surface area contributed by atoms with Crippen LogP contribution in [0, 0.1) is 5.92 Å². The first kappa shape index (κ1) is 9.82. The molecule has 0 amide bonds. The summed E-state index contributed by atoms with van der Waals surface area (Å²) in [6.45, 7) is 3.15. The maximum Gasteiger partial charge on any atom is 0.0466 e. The van der Waals surface area contributed by atoms with E-state index in [0.717, 1.165) is 35.5 Å². The zero-order valence-corrected chi connectivity index (χ0v) is 9.24. The number of hydrogen-bond acceptors (Lipinski definition) is 1. The smallest absolute Gasteiger partial charge is 0.0466 e. The Morgan fingerprint density at radius 2 is 2.00 bits per heavy atom. The van der Waals surface area contributed by atoms with Gasteiger partial charge in [-0.15, -0.1) is 0 Å². The third-order valence-corrected chi connectivity index (χ3v) is 3.72. The second-order valence-corrected chi connectivity index (χ2v) is 4.98. The second-order valence-electron chi connectivity index (χ2n) is 4.07. The lowest BCUT2D eigenvalue weighted by atomic mass is 10.2. The van der Waals surface area contributed by atoms with Gasteiger partial charge in [-0.3, -0.25) is 4.90 Å². The monoisotopic (exact) mass is 219 g/mol. The molecule has 0 radical (unpaired) electrons. The van der Waals surface area contributed by atoms with Crippen molar-refractivity contribution in [1.29, 1.82) is 0 Å². The highest BCUT2D eigenvalue weighted by Crippen LogP contribution is 2.33. The number of halogens is 2. The van der Waals surface area contributed by atoms with Gasteiger partial charge in [-0.1, -0.05) is 36.0 Å². The van der Waals surface area contributed by atoms with Crippen LogP contribution in [0.4, 0.5) is 0 Å². The van der Waals surface area contributed by atoms with E-state index in [4.69, 9.17) is 23.2 Å². The summed E-state index contributed by atoms with van der Waals surface area (Å²) in [5.41, 5.74) is 0. The van der Waals surface area contributed by atoms with Crippen LogP contribution in [0.15, 0.2) is 10.1 Å². The average molecular weight is 220 g/mol. The van der Waals surface area contributed by atoms with Crippen LogP contribution in [-0.2, 0) is 0 Å². The first-order valence-corrected chi connectivity index (χ1v) is 5.76. The van der Waals surface area contributed by atoms with Crippen LogP contribution in [0.1, 0.15) is 25.7 Å². The molecule has 0 bridgehead atoms. The molecule has 0 aromatic carbocycles. The highest BCUT2D eigenvalue weighted by Gasteiger charge is 2.23. The van der Waals surface area contributed by atoms with E-state index in [1.165, 1.54) is 25.8 Å². The van der Waals surface area contributed by atoms with Gasteiger partial charge in [-0.05, 0) is 25.3 Å². The van der Waals surface area contributed by atoms with Gasteiger partial charge in [0.1, 0.15) is 0 Å². The molecule has 1 aliphatic carbocycles. The molecule has 1 aliphatic heterocycles. The van der Waals surface area contributed by atoms with E-state index in [2.05, 4.69) is 4.90 Å². The number of rotatable bonds is 3. The van der Waals surface area contributed by atoms with Crippen LogP contribution in [0.25, 0.3) is 0 Å². The molecular weight excluding hydrogens is 205 g/mol. The minimum Gasteiger partial charge on any atom is -0.298 e. The highest BCUT2D eigenvalue weighted by molar-refractivity contribution is 6.39. The van der Waals surface area contributed by atoms with Crippen molar-refractivity contribution in [2.24, 2.45) is 5.92 Å². The molecule has 0 unspecified atom stereocenters. The van der Waals surface area contributed by atoms with Gasteiger partial charge in [0.05, 0.1) is 0 Å². The Labute approximate surface area is 89.7 Å². The maximum atomic E-state index is 6.00. The SMILES string of the molecule is ClC1=C(Cl)CN(CCC2CC2)CC1. The van der Waals surface area contributed by atoms with Gasteiger partial charge >= 0.3 is 0 Å². The molecule has 1 heterocycles. The number of hydrogen-bond donors (Lipinski definition) is 0. The van der Waals surface area contributed by atoms with Crippen LogP contribution < -0.4 is 0 Å². The second kappa shape index (κ2) is 4.20. The third kappa shape index (κ3) is 2.87. The van der Waals surface area contributed by atoms with E-state index in [-0.39, 0.29) is 0 Å². The molecule has 3 heteroatoms. The Balaban J connectivity index is 1.75. The molecule has 0 N–H and O–H groups in total. The van der Waals surface area contributed by atoms with Crippen molar-refractivity contribution in [3.63, 3.8) is 0 Å². The molecule has 1 fully saturated rings. The van der Waals surface area contributed by atoms with Crippen molar-refractivity contribution in [2.75, 3.05) is 19.6 Å². The summed E-state index contributed by atoms with van der Waals surface area (Å²) < 4.78 is 0. The molecule has 13 heavy (non-hydrogen) atoms. The summed E-state index contributed by atoms with van der Waals surface area (Å²) in [6, 6.07) is 0. The largest absolute Gasteiger partial charge is 0.298 e. The zero-order valence-electron chi connectivity index (χ0n) is 7.73. The first-order valence-electron chi connectivity index (χ1n) is 5.01. The fourth-order valence-corrected chi connectivity index (χ4v) is 2.12. The molecule has 0 aromatic rings. The van der Waals surface area contributed by atoms with E-state index < -0.39 is 0 Å². The quantitative estimate of drug-likeness (QED) is 0.706. The van der Waals surface area contributed by atoms with E-state index >= 15 is 0 Å². The van der Waals surface area contributed by atoms with Gasteiger partial charge in [0.25, 0.3) is 0 Å². The topological polar surface area (TPSA) is 3.24 Å². The van der Waals surface area contributed by atoms with Gasteiger partial charge in [0.2, 0.25) is 0 Å². The molecule has 0 saturated heterocycles. The molecule has 0 spiro atoms. The Hall–Kier alpha value is 0.280. The fourth-order valence-electron chi connectivity index (χ4n) is 1.72. The van der Waals surface area contributed by atoms with Crippen molar-refractivity contribution < 1.29 is 0 Å². The molecular formula is C10H15Cl2N. The standard InChI is InChI=1S/C10H15Cl2N/c11-9-4-6-13(7-10(9)12)5-3-8-1-2-8/h8H,1-7H2. The van der Waals surface area contributed by atoms with Crippen LogP contribution in [0.2, 0.25) is 0 Å². The van der Waals surface area contributed by atoms with Gasteiger partial charge in [0, 0.05) is 23.2 Å². The Morgan fingerprint density at radius 1 is 1.23 bits per heavy atom. The van der Waals surface area contributed by atoms with Crippen molar-refractivity contribution in [2.45, 2.75) is 25.7 Å². The van der Waals surface area contributed by atoms with Gasteiger partial charge in [0.15, 0.2) is 0 Å². The van der Waals surface area contributed by atoms with E-state index in [0.29, 0.717) is 0 Å². The van der Waals surface area contributed by atoms with E-state index in [1.807, 2.05) is 0 Å². The lowest BCUT2D eigenvalue weighted by molar-refractivity contribution is 0.284. The number of nitrogens with zero attached hydrogens (tertiary/aromatic N) is 1. The lowest BCUT2D eigenvalue weighted by Crippen LogP contribution is -2.31. The molecule has 1 nitrogen and oxygen atoms in total.